The molecule has 0 unspecified atom stereocenters. The molecule has 2 N–H and O–H groups in total. The number of aromatic amines is 1. The zero-order chi connectivity index (χ0) is 17.5. The third kappa shape index (κ3) is 4.82. The van der Waals surface area contributed by atoms with Crippen molar-refractivity contribution in [1.29, 1.82) is 0 Å². The molecule has 1 heterocycles. The summed E-state index contributed by atoms with van der Waals surface area (Å²) in [6.45, 7) is 1.84. The smallest absolute Gasteiger partial charge is 0.323 e. The number of rotatable bonds is 8. The number of hydrogen-bond donors (Lipinski definition) is 2. The second kappa shape index (κ2) is 8.49. The second-order valence-corrected chi connectivity index (χ2v) is 6.24. The third-order valence-corrected chi connectivity index (χ3v) is 4.39. The zero-order valence-electron chi connectivity index (χ0n) is 13.3. The van der Waals surface area contributed by atoms with Crippen LogP contribution in [-0.2, 0) is 15.3 Å². The summed E-state index contributed by atoms with van der Waals surface area (Å²) >= 11 is 1.47. The number of carboxylic acids is 1. The van der Waals surface area contributed by atoms with E-state index in [0.717, 1.165) is 0 Å². The summed E-state index contributed by atoms with van der Waals surface area (Å²) in [6, 6.07) is 7.12. The number of amides is 1. The maximum absolute atomic E-state index is 12.0. The number of carboxylic acid groups (broad SMARTS) is 1. The highest BCUT2D eigenvalue weighted by Gasteiger charge is 2.14. The minimum Gasteiger partial charge on any atom is -0.480 e. The monoisotopic (exact) mass is 349 g/mol. The van der Waals surface area contributed by atoms with Gasteiger partial charge in [0, 0.05) is 18.7 Å². The van der Waals surface area contributed by atoms with Gasteiger partial charge in [-0.1, -0.05) is 12.1 Å². The lowest BCUT2D eigenvalue weighted by atomic mass is 10.2. The molecule has 0 atom stereocenters. The first kappa shape index (κ1) is 18.0. The van der Waals surface area contributed by atoms with Crippen LogP contribution in [0.15, 0.2) is 29.1 Å². The molecule has 1 aromatic heterocycles. The second-order valence-electron chi connectivity index (χ2n) is 5.13. The number of carbonyl (C=O) groups is 2. The zero-order valence-corrected chi connectivity index (χ0v) is 14.1. The van der Waals surface area contributed by atoms with Gasteiger partial charge >= 0.3 is 5.97 Å². The first-order chi connectivity index (χ1) is 11.5. The number of nitrogens with one attached hydrogen (secondary N) is 1. The molecule has 2 rings (SSSR count). The topological polar surface area (TPSA) is 103 Å². The van der Waals surface area contributed by atoms with Crippen molar-refractivity contribution in [2.45, 2.75) is 19.1 Å². The molecular formula is C16H19N3O4S. The van der Waals surface area contributed by atoms with Crippen LogP contribution in [0.4, 0.5) is 0 Å². The van der Waals surface area contributed by atoms with Crippen LogP contribution < -0.4 is 5.56 Å². The van der Waals surface area contributed by atoms with Crippen LogP contribution >= 0.6 is 11.8 Å². The molecule has 128 valence electrons. The van der Waals surface area contributed by atoms with Crippen molar-refractivity contribution in [2.24, 2.45) is 0 Å². The fourth-order valence-electron chi connectivity index (χ4n) is 2.23. The van der Waals surface area contributed by atoms with Gasteiger partial charge in [0.05, 0.1) is 16.7 Å². The molecule has 8 heteroatoms. The van der Waals surface area contributed by atoms with E-state index in [1.165, 1.54) is 16.7 Å². The van der Waals surface area contributed by atoms with Gasteiger partial charge in [-0.3, -0.25) is 14.4 Å². The Morgan fingerprint density at radius 2 is 2.08 bits per heavy atom. The van der Waals surface area contributed by atoms with Crippen molar-refractivity contribution in [1.82, 2.24) is 14.9 Å². The van der Waals surface area contributed by atoms with E-state index in [9.17, 15) is 14.4 Å². The molecule has 0 saturated heterocycles. The van der Waals surface area contributed by atoms with Crippen molar-refractivity contribution in [3.05, 3.63) is 40.4 Å². The van der Waals surface area contributed by atoms with E-state index in [1.807, 2.05) is 6.07 Å². The molecule has 0 spiro atoms. The lowest BCUT2D eigenvalue weighted by Gasteiger charge is -2.18. The lowest BCUT2D eigenvalue weighted by Crippen LogP contribution is -2.35. The summed E-state index contributed by atoms with van der Waals surface area (Å²) in [5.41, 5.74) is 0.470. The molecule has 0 aliphatic carbocycles. The summed E-state index contributed by atoms with van der Waals surface area (Å²) in [5, 5.41) is 9.31. The van der Waals surface area contributed by atoms with E-state index >= 15 is 0 Å². The minimum absolute atomic E-state index is 0.175. The Bertz CT molecular complexity index is 790. The number of carbonyl (C=O) groups excluding carboxylic acids is 1. The van der Waals surface area contributed by atoms with Gasteiger partial charge in [-0.05, 0) is 19.1 Å². The van der Waals surface area contributed by atoms with Gasteiger partial charge in [0.2, 0.25) is 5.91 Å². The van der Waals surface area contributed by atoms with Crippen LogP contribution in [0.1, 0.15) is 19.2 Å². The molecule has 0 aliphatic heterocycles. The fraction of sp³-hybridized carbons (Fsp3) is 0.375. The highest BCUT2D eigenvalue weighted by Crippen LogP contribution is 2.12. The molecule has 0 radical (unpaired) electrons. The fourth-order valence-corrected chi connectivity index (χ4v) is 3.02. The van der Waals surface area contributed by atoms with E-state index in [4.69, 9.17) is 5.11 Å². The molecule has 0 fully saturated rings. The average molecular weight is 349 g/mol. The number of H-pyrrole nitrogens is 1. The van der Waals surface area contributed by atoms with Crippen molar-refractivity contribution < 1.29 is 14.7 Å². The number of aliphatic carboxylic acids is 1. The lowest BCUT2D eigenvalue weighted by molar-refractivity contribution is -0.144. The average Bonchev–Trinajstić information content (AvgIpc) is 2.56. The van der Waals surface area contributed by atoms with Gasteiger partial charge in [0.15, 0.2) is 0 Å². The standard InChI is InChI=1S/C16H19N3O4S/c1-2-19(9-15(21)22)14(20)7-8-24-10-13-17-12-6-4-3-5-11(12)16(23)18-13/h3-6H,2,7-10H2,1H3,(H,21,22)(H,17,18,23). The number of likely N-dealkylation sites (N-methyl/N-ethyl adjacent to an activating group) is 1. The molecule has 1 amide bonds. The first-order valence-electron chi connectivity index (χ1n) is 7.56. The highest BCUT2D eigenvalue weighted by molar-refractivity contribution is 7.98. The SMILES string of the molecule is CCN(CC(=O)O)C(=O)CCSCc1nc2ccccc2c(=O)[nH]1. The summed E-state index contributed by atoms with van der Waals surface area (Å²) in [6.07, 6.45) is 0.254. The minimum atomic E-state index is -1.02. The van der Waals surface area contributed by atoms with Crippen LogP contribution in [0.5, 0.6) is 0 Å². The predicted octanol–water partition coefficient (Wildman–Crippen LogP) is 1.48. The number of nitrogens with zero attached hydrogens (tertiary/aromatic N) is 2. The Labute approximate surface area is 143 Å². The van der Waals surface area contributed by atoms with Crippen LogP contribution in [-0.4, -0.2) is 50.7 Å². The van der Waals surface area contributed by atoms with E-state index in [0.29, 0.717) is 34.8 Å². The van der Waals surface area contributed by atoms with E-state index in [-0.39, 0.29) is 24.4 Å². The van der Waals surface area contributed by atoms with Crippen LogP contribution in [0.3, 0.4) is 0 Å². The highest BCUT2D eigenvalue weighted by atomic mass is 32.2. The summed E-state index contributed by atoms with van der Waals surface area (Å²) in [5.74, 6) is 0.376. The van der Waals surface area contributed by atoms with Crippen LogP contribution in [0.2, 0.25) is 0 Å². The maximum Gasteiger partial charge on any atom is 0.323 e. The third-order valence-electron chi connectivity index (χ3n) is 3.42. The number of aromatic nitrogens is 2. The van der Waals surface area contributed by atoms with Gasteiger partial charge in [0.25, 0.3) is 5.56 Å². The molecule has 0 saturated carbocycles. The molecule has 1 aromatic carbocycles. The summed E-state index contributed by atoms with van der Waals surface area (Å²) in [4.78, 5) is 43.0. The molecular weight excluding hydrogens is 330 g/mol. The van der Waals surface area contributed by atoms with Crippen LogP contribution in [0.25, 0.3) is 10.9 Å². The normalized spacial score (nSPS) is 10.7. The predicted molar refractivity (Wildman–Crippen MR) is 93.0 cm³/mol. The number of para-hydroxylation sites is 1. The van der Waals surface area contributed by atoms with Gasteiger partial charge in [0.1, 0.15) is 12.4 Å². The molecule has 2 aromatic rings. The van der Waals surface area contributed by atoms with Crippen LogP contribution in [0, 0.1) is 0 Å². The Hall–Kier alpha value is -2.35. The maximum atomic E-state index is 12.0. The first-order valence-corrected chi connectivity index (χ1v) is 8.72. The molecule has 0 bridgehead atoms. The van der Waals surface area contributed by atoms with Crippen molar-refractivity contribution in [3.63, 3.8) is 0 Å². The van der Waals surface area contributed by atoms with Gasteiger partial charge < -0.3 is 15.0 Å². The van der Waals surface area contributed by atoms with Gasteiger partial charge in [-0.2, -0.15) is 11.8 Å². The molecule has 7 nitrogen and oxygen atoms in total. The Morgan fingerprint density at radius 1 is 1.33 bits per heavy atom. The van der Waals surface area contributed by atoms with E-state index in [2.05, 4.69) is 9.97 Å². The number of thioether (sulfide) groups is 1. The van der Waals surface area contributed by atoms with Gasteiger partial charge in [-0.15, -0.1) is 0 Å². The summed E-state index contributed by atoms with van der Waals surface area (Å²) < 4.78 is 0. The van der Waals surface area contributed by atoms with Crippen molar-refractivity contribution in [3.8, 4) is 0 Å². The Kier molecular flexibility index (Phi) is 6.36. The number of fused-ring (bicyclic) bond motifs is 1. The Morgan fingerprint density at radius 3 is 2.79 bits per heavy atom. The quantitative estimate of drug-likeness (QED) is 0.700. The largest absolute Gasteiger partial charge is 0.480 e. The number of benzene rings is 1. The van der Waals surface area contributed by atoms with E-state index < -0.39 is 5.97 Å². The number of hydrogen-bond acceptors (Lipinski definition) is 5. The van der Waals surface area contributed by atoms with Crippen molar-refractivity contribution in [2.75, 3.05) is 18.8 Å². The molecule has 0 aliphatic rings. The molecule has 24 heavy (non-hydrogen) atoms. The Balaban J connectivity index is 1.87. The van der Waals surface area contributed by atoms with Gasteiger partial charge in [-0.25, -0.2) is 4.98 Å². The van der Waals surface area contributed by atoms with E-state index in [1.54, 1.807) is 25.1 Å². The summed E-state index contributed by atoms with van der Waals surface area (Å²) in [7, 11) is 0. The van der Waals surface area contributed by atoms with Crippen molar-refractivity contribution >= 4 is 34.5 Å².